The molecule has 0 aromatic heterocycles. The van der Waals surface area contributed by atoms with Crippen molar-refractivity contribution in [2.75, 3.05) is 26.2 Å². The molecular formula is C17H25F2N3O. The summed E-state index contributed by atoms with van der Waals surface area (Å²) in [6.45, 7) is 9.12. The average molecular weight is 325 g/mol. The van der Waals surface area contributed by atoms with E-state index in [0.717, 1.165) is 32.2 Å². The van der Waals surface area contributed by atoms with Gasteiger partial charge < -0.3 is 5.32 Å². The average Bonchev–Trinajstić information content (AvgIpc) is 2.50. The van der Waals surface area contributed by atoms with Crippen LogP contribution in [0.15, 0.2) is 18.2 Å². The third kappa shape index (κ3) is 4.97. The van der Waals surface area contributed by atoms with E-state index in [1.165, 1.54) is 12.1 Å². The molecule has 2 rings (SSSR count). The molecule has 1 aromatic rings. The maximum absolute atomic E-state index is 13.7. The van der Waals surface area contributed by atoms with Crippen LogP contribution in [0.3, 0.4) is 0 Å². The van der Waals surface area contributed by atoms with Crippen LogP contribution in [0.2, 0.25) is 0 Å². The fraction of sp³-hybridized carbons (Fsp3) is 0.588. The summed E-state index contributed by atoms with van der Waals surface area (Å²) in [6, 6.07) is 3.50. The van der Waals surface area contributed by atoms with E-state index in [2.05, 4.69) is 15.1 Å². The van der Waals surface area contributed by atoms with Gasteiger partial charge in [0.2, 0.25) is 5.91 Å². The third-order valence-electron chi connectivity index (χ3n) is 4.17. The van der Waals surface area contributed by atoms with Gasteiger partial charge >= 0.3 is 0 Å². The summed E-state index contributed by atoms with van der Waals surface area (Å²) in [4.78, 5) is 16.3. The van der Waals surface area contributed by atoms with E-state index in [0.29, 0.717) is 12.1 Å². The number of hydrogen-bond acceptors (Lipinski definition) is 3. The minimum absolute atomic E-state index is 0.0321. The quantitative estimate of drug-likeness (QED) is 0.899. The molecule has 1 aliphatic heterocycles. The Hall–Kier alpha value is -1.53. The Bertz CT molecular complexity index is 543. The highest BCUT2D eigenvalue weighted by atomic mass is 19.1. The zero-order valence-electron chi connectivity index (χ0n) is 14.0. The summed E-state index contributed by atoms with van der Waals surface area (Å²) in [5.41, 5.74) is 0.379. The van der Waals surface area contributed by atoms with Crippen molar-refractivity contribution in [1.82, 2.24) is 15.1 Å². The molecule has 1 amide bonds. The van der Waals surface area contributed by atoms with Gasteiger partial charge in [-0.25, -0.2) is 8.78 Å². The van der Waals surface area contributed by atoms with Gasteiger partial charge in [-0.3, -0.25) is 14.6 Å². The van der Waals surface area contributed by atoms with E-state index in [4.69, 9.17) is 0 Å². The summed E-state index contributed by atoms with van der Waals surface area (Å²) in [5.74, 6) is -0.762. The van der Waals surface area contributed by atoms with Crippen LogP contribution in [-0.4, -0.2) is 54.0 Å². The molecule has 1 heterocycles. The molecule has 1 aliphatic rings. The van der Waals surface area contributed by atoms with Crippen molar-refractivity contribution in [3.05, 3.63) is 35.4 Å². The molecule has 1 N–H and O–H groups in total. The molecule has 1 atom stereocenters. The topological polar surface area (TPSA) is 35.6 Å². The summed E-state index contributed by atoms with van der Waals surface area (Å²) in [6.07, 6.45) is 0. The highest BCUT2D eigenvalue weighted by Crippen LogP contribution is 2.15. The van der Waals surface area contributed by atoms with E-state index < -0.39 is 5.82 Å². The summed E-state index contributed by atoms with van der Waals surface area (Å²) >= 11 is 0. The number of carbonyl (C=O) groups is 1. The van der Waals surface area contributed by atoms with Gasteiger partial charge in [0, 0.05) is 44.3 Å². The van der Waals surface area contributed by atoms with E-state index in [1.54, 1.807) is 0 Å². The van der Waals surface area contributed by atoms with E-state index in [9.17, 15) is 13.6 Å². The Balaban J connectivity index is 1.86. The van der Waals surface area contributed by atoms with Crippen molar-refractivity contribution >= 4 is 5.91 Å². The van der Waals surface area contributed by atoms with Gasteiger partial charge in [-0.05, 0) is 39.0 Å². The van der Waals surface area contributed by atoms with E-state index in [1.807, 2.05) is 20.8 Å². The molecule has 0 spiro atoms. The number of nitrogens with one attached hydrogen (secondary N) is 1. The molecule has 0 saturated carbocycles. The molecule has 1 fully saturated rings. The van der Waals surface area contributed by atoms with Crippen LogP contribution in [0.4, 0.5) is 8.78 Å². The van der Waals surface area contributed by atoms with Crippen molar-refractivity contribution in [2.24, 2.45) is 0 Å². The van der Waals surface area contributed by atoms with Crippen molar-refractivity contribution < 1.29 is 13.6 Å². The number of hydrogen-bond donors (Lipinski definition) is 1. The monoisotopic (exact) mass is 325 g/mol. The van der Waals surface area contributed by atoms with Gasteiger partial charge in [0.05, 0.1) is 6.04 Å². The molecule has 23 heavy (non-hydrogen) atoms. The lowest BCUT2D eigenvalue weighted by molar-refractivity contribution is -0.127. The second-order valence-corrected chi connectivity index (χ2v) is 6.39. The van der Waals surface area contributed by atoms with Crippen LogP contribution in [-0.2, 0) is 11.3 Å². The van der Waals surface area contributed by atoms with Crippen LogP contribution in [0.25, 0.3) is 0 Å². The van der Waals surface area contributed by atoms with Gasteiger partial charge in [0.25, 0.3) is 0 Å². The van der Waals surface area contributed by atoms with Gasteiger partial charge in [-0.15, -0.1) is 0 Å². The largest absolute Gasteiger partial charge is 0.353 e. The first kappa shape index (κ1) is 17.8. The predicted octanol–water partition coefficient (Wildman–Crippen LogP) is 2.00. The van der Waals surface area contributed by atoms with Gasteiger partial charge in [-0.2, -0.15) is 0 Å². The summed E-state index contributed by atoms with van der Waals surface area (Å²) in [5, 5.41) is 2.92. The van der Waals surface area contributed by atoms with Crippen molar-refractivity contribution in [1.29, 1.82) is 0 Å². The Labute approximate surface area is 136 Å². The van der Waals surface area contributed by atoms with Gasteiger partial charge in [-0.1, -0.05) is 0 Å². The van der Waals surface area contributed by atoms with Crippen molar-refractivity contribution in [3.63, 3.8) is 0 Å². The Kier molecular flexibility index (Phi) is 6.07. The molecule has 1 unspecified atom stereocenters. The van der Waals surface area contributed by atoms with Crippen LogP contribution < -0.4 is 5.32 Å². The molecule has 1 aromatic carbocycles. The number of amides is 1. The fourth-order valence-corrected chi connectivity index (χ4v) is 2.79. The standard InChI is InChI=1S/C17H25F2N3O/c1-12(2)20-17(23)13(3)22-8-6-21(7-9-22)11-14-10-15(18)4-5-16(14)19/h4-5,10,12-13H,6-9,11H2,1-3H3,(H,20,23). The fourth-order valence-electron chi connectivity index (χ4n) is 2.79. The number of halogens is 2. The Morgan fingerprint density at radius 2 is 1.83 bits per heavy atom. The summed E-state index contributed by atoms with van der Waals surface area (Å²) in [7, 11) is 0. The van der Waals surface area contributed by atoms with Crippen molar-refractivity contribution in [2.45, 2.75) is 39.4 Å². The zero-order chi connectivity index (χ0) is 17.0. The maximum atomic E-state index is 13.7. The smallest absolute Gasteiger partial charge is 0.237 e. The predicted molar refractivity (Wildman–Crippen MR) is 85.9 cm³/mol. The van der Waals surface area contributed by atoms with Crippen LogP contribution in [0, 0.1) is 11.6 Å². The minimum atomic E-state index is -0.418. The van der Waals surface area contributed by atoms with E-state index in [-0.39, 0.29) is 23.8 Å². The Morgan fingerprint density at radius 1 is 1.17 bits per heavy atom. The first-order valence-electron chi connectivity index (χ1n) is 8.07. The SMILES string of the molecule is CC(C)NC(=O)C(C)N1CCN(Cc2cc(F)ccc2F)CC1. The van der Waals surface area contributed by atoms with Crippen LogP contribution in [0.1, 0.15) is 26.3 Å². The number of piperazine rings is 1. The highest BCUT2D eigenvalue weighted by molar-refractivity contribution is 5.81. The lowest BCUT2D eigenvalue weighted by Gasteiger charge is -2.37. The first-order valence-corrected chi connectivity index (χ1v) is 8.07. The molecule has 1 saturated heterocycles. The minimum Gasteiger partial charge on any atom is -0.353 e. The molecule has 0 radical (unpaired) electrons. The Morgan fingerprint density at radius 3 is 2.43 bits per heavy atom. The summed E-state index contributed by atoms with van der Waals surface area (Å²) < 4.78 is 26.9. The number of nitrogens with zero attached hydrogens (tertiary/aromatic N) is 2. The first-order chi connectivity index (χ1) is 10.9. The maximum Gasteiger partial charge on any atom is 0.237 e. The highest BCUT2D eigenvalue weighted by Gasteiger charge is 2.26. The molecule has 0 aliphatic carbocycles. The number of benzene rings is 1. The zero-order valence-corrected chi connectivity index (χ0v) is 14.0. The molecular weight excluding hydrogens is 300 g/mol. The molecule has 4 nitrogen and oxygen atoms in total. The second kappa shape index (κ2) is 7.84. The van der Waals surface area contributed by atoms with E-state index >= 15 is 0 Å². The van der Waals surface area contributed by atoms with Gasteiger partial charge in [0.1, 0.15) is 11.6 Å². The number of carbonyl (C=O) groups excluding carboxylic acids is 1. The third-order valence-corrected chi connectivity index (χ3v) is 4.17. The van der Waals surface area contributed by atoms with Crippen LogP contribution in [0.5, 0.6) is 0 Å². The molecule has 6 heteroatoms. The molecule has 128 valence electrons. The van der Waals surface area contributed by atoms with Crippen molar-refractivity contribution in [3.8, 4) is 0 Å². The second-order valence-electron chi connectivity index (χ2n) is 6.39. The molecule has 0 bridgehead atoms. The normalized spacial score (nSPS) is 18.2. The lowest BCUT2D eigenvalue weighted by Crippen LogP contribution is -2.54. The lowest BCUT2D eigenvalue weighted by atomic mass is 10.1. The van der Waals surface area contributed by atoms with Crippen LogP contribution >= 0.6 is 0 Å². The van der Waals surface area contributed by atoms with Gasteiger partial charge in [0.15, 0.2) is 0 Å². The number of rotatable bonds is 5.